The van der Waals surface area contributed by atoms with Gasteiger partial charge in [-0.3, -0.25) is 0 Å². The largest absolute Gasteiger partial charge is 0.390 e. The Hall–Kier alpha value is -0.420. The molecule has 4 aliphatic rings. The standard InChI is InChI=1S/C28H48O4/c1-15(2)16(3)25(31)26(32)17(4)20-9-10-21-19-8-7-18-13-23(29)24(30)14-28(18,6)22(19)11-12-27(20,21)5/h15,17-26,29-32H,3,7-14H2,1-2,4-6H3. The number of fused-ring (bicyclic) bond motifs is 5. The number of hydrogen-bond acceptors (Lipinski definition) is 4. The maximum absolute atomic E-state index is 11.1. The molecule has 4 rings (SSSR count). The van der Waals surface area contributed by atoms with Crippen molar-refractivity contribution in [1.82, 2.24) is 0 Å². The van der Waals surface area contributed by atoms with Gasteiger partial charge < -0.3 is 20.4 Å². The van der Waals surface area contributed by atoms with Crippen molar-refractivity contribution in [3.05, 3.63) is 12.2 Å². The van der Waals surface area contributed by atoms with E-state index in [0.29, 0.717) is 29.6 Å². The van der Waals surface area contributed by atoms with Gasteiger partial charge in [-0.15, -0.1) is 0 Å². The quantitative estimate of drug-likeness (QED) is 0.465. The predicted molar refractivity (Wildman–Crippen MR) is 128 cm³/mol. The normalized spacial score (nSPS) is 49.0. The molecule has 4 heteroatoms. The van der Waals surface area contributed by atoms with E-state index in [1.807, 2.05) is 13.8 Å². The first-order valence-corrected chi connectivity index (χ1v) is 13.3. The second kappa shape index (κ2) is 8.66. The third-order valence-electron chi connectivity index (χ3n) is 11.4. The molecule has 4 N–H and O–H groups in total. The molecule has 32 heavy (non-hydrogen) atoms. The highest BCUT2D eigenvalue weighted by atomic mass is 16.3. The average Bonchev–Trinajstić information content (AvgIpc) is 3.09. The monoisotopic (exact) mass is 448 g/mol. The van der Waals surface area contributed by atoms with Crippen LogP contribution in [0.5, 0.6) is 0 Å². The third kappa shape index (κ3) is 3.72. The Morgan fingerprint density at radius 2 is 1.53 bits per heavy atom. The molecular formula is C28H48O4. The molecule has 4 fully saturated rings. The Labute approximate surface area is 195 Å². The van der Waals surface area contributed by atoms with E-state index in [2.05, 4.69) is 27.4 Å². The minimum Gasteiger partial charge on any atom is -0.390 e. The summed E-state index contributed by atoms with van der Waals surface area (Å²) in [7, 11) is 0. The minimum atomic E-state index is -0.853. The van der Waals surface area contributed by atoms with Gasteiger partial charge in [0.25, 0.3) is 0 Å². The zero-order chi connectivity index (χ0) is 23.6. The van der Waals surface area contributed by atoms with Crippen LogP contribution in [-0.4, -0.2) is 44.8 Å². The van der Waals surface area contributed by atoms with Crippen LogP contribution in [0.3, 0.4) is 0 Å². The van der Waals surface area contributed by atoms with E-state index < -0.39 is 24.4 Å². The summed E-state index contributed by atoms with van der Waals surface area (Å²) in [5.41, 5.74) is 1.07. The summed E-state index contributed by atoms with van der Waals surface area (Å²) in [4.78, 5) is 0. The fourth-order valence-electron chi connectivity index (χ4n) is 9.27. The van der Waals surface area contributed by atoms with Gasteiger partial charge in [0.2, 0.25) is 0 Å². The van der Waals surface area contributed by atoms with Crippen LogP contribution in [0, 0.1) is 52.3 Å². The molecule has 12 atom stereocenters. The highest BCUT2D eigenvalue weighted by Gasteiger charge is 2.61. The van der Waals surface area contributed by atoms with E-state index in [9.17, 15) is 20.4 Å². The lowest BCUT2D eigenvalue weighted by Crippen LogP contribution is -2.57. The van der Waals surface area contributed by atoms with Crippen LogP contribution in [0.1, 0.15) is 86.0 Å². The number of hydrogen-bond donors (Lipinski definition) is 4. The van der Waals surface area contributed by atoms with Gasteiger partial charge in [0.05, 0.1) is 18.3 Å². The Morgan fingerprint density at radius 3 is 2.19 bits per heavy atom. The summed E-state index contributed by atoms with van der Waals surface area (Å²) >= 11 is 0. The molecule has 0 heterocycles. The second-order valence-corrected chi connectivity index (χ2v) is 13.0. The van der Waals surface area contributed by atoms with E-state index in [1.165, 1.54) is 32.1 Å². The summed E-state index contributed by atoms with van der Waals surface area (Å²) < 4.78 is 0. The molecule has 0 radical (unpaired) electrons. The van der Waals surface area contributed by atoms with Crippen molar-refractivity contribution in [2.45, 2.75) is 110 Å². The molecule has 12 unspecified atom stereocenters. The van der Waals surface area contributed by atoms with Gasteiger partial charge in [-0.25, -0.2) is 0 Å². The molecule has 0 aliphatic heterocycles. The fourth-order valence-corrected chi connectivity index (χ4v) is 9.27. The molecule has 0 saturated heterocycles. The van der Waals surface area contributed by atoms with E-state index in [1.54, 1.807) is 0 Å². The van der Waals surface area contributed by atoms with Gasteiger partial charge in [0.15, 0.2) is 0 Å². The summed E-state index contributed by atoms with van der Waals surface area (Å²) in [6.45, 7) is 15.1. The predicted octanol–water partition coefficient (Wildman–Crippen LogP) is 4.55. The second-order valence-electron chi connectivity index (χ2n) is 13.0. The van der Waals surface area contributed by atoms with Gasteiger partial charge in [-0.05, 0) is 109 Å². The van der Waals surface area contributed by atoms with E-state index in [0.717, 1.165) is 24.8 Å². The molecule has 0 spiro atoms. The molecular weight excluding hydrogens is 400 g/mol. The maximum atomic E-state index is 11.1. The molecule has 0 amide bonds. The van der Waals surface area contributed by atoms with Crippen LogP contribution < -0.4 is 0 Å². The van der Waals surface area contributed by atoms with Gasteiger partial charge in [0.1, 0.15) is 6.10 Å². The smallest absolute Gasteiger partial charge is 0.101 e. The lowest BCUT2D eigenvalue weighted by Gasteiger charge is -2.61. The highest BCUT2D eigenvalue weighted by molar-refractivity contribution is 5.13. The number of aliphatic hydroxyl groups is 4. The lowest BCUT2D eigenvalue weighted by molar-refractivity contribution is -0.162. The molecule has 0 aromatic rings. The topological polar surface area (TPSA) is 80.9 Å². The van der Waals surface area contributed by atoms with Crippen LogP contribution in [0.25, 0.3) is 0 Å². The van der Waals surface area contributed by atoms with Gasteiger partial charge >= 0.3 is 0 Å². The lowest BCUT2D eigenvalue weighted by atomic mass is 9.44. The molecule has 4 aliphatic carbocycles. The summed E-state index contributed by atoms with van der Waals surface area (Å²) in [6, 6.07) is 0. The Balaban J connectivity index is 1.52. The third-order valence-corrected chi connectivity index (χ3v) is 11.4. The van der Waals surface area contributed by atoms with E-state index in [4.69, 9.17) is 0 Å². The fraction of sp³-hybridized carbons (Fsp3) is 0.929. The molecule has 4 saturated carbocycles. The van der Waals surface area contributed by atoms with E-state index >= 15 is 0 Å². The van der Waals surface area contributed by atoms with Crippen molar-refractivity contribution in [3.63, 3.8) is 0 Å². The van der Waals surface area contributed by atoms with Gasteiger partial charge in [0, 0.05) is 0 Å². The summed E-state index contributed by atoms with van der Waals surface area (Å²) in [5, 5.41) is 42.7. The molecule has 184 valence electrons. The number of aliphatic hydroxyl groups excluding tert-OH is 4. The first-order chi connectivity index (χ1) is 14.9. The summed E-state index contributed by atoms with van der Waals surface area (Å²) in [5.74, 6) is 3.13. The Bertz CT molecular complexity index is 706. The summed E-state index contributed by atoms with van der Waals surface area (Å²) in [6.07, 6.45) is 5.87. The van der Waals surface area contributed by atoms with Gasteiger partial charge in [-0.2, -0.15) is 0 Å². The van der Waals surface area contributed by atoms with Crippen molar-refractivity contribution in [1.29, 1.82) is 0 Å². The highest BCUT2D eigenvalue weighted by Crippen LogP contribution is 2.68. The van der Waals surface area contributed by atoms with Gasteiger partial charge in [-0.1, -0.05) is 41.2 Å². The minimum absolute atomic E-state index is 0.0469. The molecule has 4 nitrogen and oxygen atoms in total. The van der Waals surface area contributed by atoms with Crippen LogP contribution in [0.4, 0.5) is 0 Å². The van der Waals surface area contributed by atoms with E-state index in [-0.39, 0.29) is 22.7 Å². The molecule has 0 bridgehead atoms. The maximum Gasteiger partial charge on any atom is 0.101 e. The van der Waals surface area contributed by atoms with Crippen LogP contribution in [-0.2, 0) is 0 Å². The Morgan fingerprint density at radius 1 is 0.875 bits per heavy atom. The molecule has 0 aromatic heterocycles. The SMILES string of the molecule is C=C(C(C)C)C(O)C(O)C(C)C1CCC2C3CCC4CC(O)C(O)CC4(C)C3CCC12C. The van der Waals surface area contributed by atoms with Crippen molar-refractivity contribution in [3.8, 4) is 0 Å². The van der Waals surface area contributed by atoms with Crippen molar-refractivity contribution in [2.24, 2.45) is 52.3 Å². The first kappa shape index (κ1) is 24.7. The first-order valence-electron chi connectivity index (χ1n) is 13.3. The average molecular weight is 449 g/mol. The van der Waals surface area contributed by atoms with Crippen LogP contribution >= 0.6 is 0 Å². The number of rotatable bonds is 5. The Kier molecular flexibility index (Phi) is 6.68. The van der Waals surface area contributed by atoms with Crippen molar-refractivity contribution in [2.75, 3.05) is 0 Å². The van der Waals surface area contributed by atoms with Crippen LogP contribution in [0.15, 0.2) is 12.2 Å². The van der Waals surface area contributed by atoms with Crippen molar-refractivity contribution < 1.29 is 20.4 Å². The zero-order valence-electron chi connectivity index (χ0n) is 21.0. The molecule has 0 aromatic carbocycles. The van der Waals surface area contributed by atoms with Crippen molar-refractivity contribution >= 4 is 0 Å². The zero-order valence-corrected chi connectivity index (χ0v) is 21.0. The van der Waals surface area contributed by atoms with Crippen LogP contribution in [0.2, 0.25) is 0 Å².